The highest BCUT2D eigenvalue weighted by Gasteiger charge is 2.16. The van der Waals surface area contributed by atoms with Gasteiger partial charge in [0.2, 0.25) is 0 Å². The topological polar surface area (TPSA) is 37.8 Å². The SMILES string of the molecule is CC(C)c1nc(Cl)cc(NCCC2CCC2)n1. The van der Waals surface area contributed by atoms with E-state index in [1.54, 1.807) is 6.07 Å². The fraction of sp³-hybridized carbons (Fsp3) is 0.692. The second-order valence-electron chi connectivity index (χ2n) is 5.10. The molecule has 0 amide bonds. The second-order valence-corrected chi connectivity index (χ2v) is 5.49. The van der Waals surface area contributed by atoms with E-state index in [1.807, 2.05) is 0 Å². The van der Waals surface area contributed by atoms with Crippen molar-refractivity contribution in [3.05, 3.63) is 17.0 Å². The Kier molecular flexibility index (Phi) is 4.21. The predicted molar refractivity (Wildman–Crippen MR) is 71.6 cm³/mol. The van der Waals surface area contributed by atoms with E-state index in [2.05, 4.69) is 29.1 Å². The van der Waals surface area contributed by atoms with Crippen LogP contribution in [0.4, 0.5) is 5.82 Å². The van der Waals surface area contributed by atoms with Crippen molar-refractivity contribution in [1.82, 2.24) is 9.97 Å². The Bertz CT molecular complexity index is 375. The lowest BCUT2D eigenvalue weighted by molar-refractivity contribution is 0.303. The maximum Gasteiger partial charge on any atom is 0.135 e. The van der Waals surface area contributed by atoms with E-state index in [1.165, 1.54) is 25.7 Å². The Labute approximate surface area is 108 Å². The molecule has 0 saturated heterocycles. The summed E-state index contributed by atoms with van der Waals surface area (Å²) in [4.78, 5) is 8.69. The van der Waals surface area contributed by atoms with Crippen molar-refractivity contribution < 1.29 is 0 Å². The smallest absolute Gasteiger partial charge is 0.135 e. The van der Waals surface area contributed by atoms with Crippen LogP contribution in [-0.2, 0) is 0 Å². The van der Waals surface area contributed by atoms with Gasteiger partial charge in [0.05, 0.1) is 0 Å². The number of nitrogens with one attached hydrogen (secondary N) is 1. The van der Waals surface area contributed by atoms with Gasteiger partial charge < -0.3 is 5.32 Å². The minimum absolute atomic E-state index is 0.306. The molecule has 0 aromatic carbocycles. The molecule has 2 rings (SSSR count). The fourth-order valence-electron chi connectivity index (χ4n) is 1.97. The number of aromatic nitrogens is 2. The summed E-state index contributed by atoms with van der Waals surface area (Å²) in [6.07, 6.45) is 5.42. The Morgan fingerprint density at radius 1 is 1.41 bits per heavy atom. The standard InChI is InChI=1S/C13H20ClN3/c1-9(2)13-16-11(14)8-12(17-13)15-7-6-10-4-3-5-10/h8-10H,3-7H2,1-2H3,(H,15,16,17). The van der Waals surface area contributed by atoms with E-state index >= 15 is 0 Å². The quantitative estimate of drug-likeness (QED) is 0.810. The molecule has 0 atom stereocenters. The number of rotatable bonds is 5. The molecule has 1 saturated carbocycles. The fourth-order valence-corrected chi connectivity index (χ4v) is 2.16. The number of anilines is 1. The molecular formula is C13H20ClN3. The summed E-state index contributed by atoms with van der Waals surface area (Å²) in [5.74, 6) is 2.89. The maximum atomic E-state index is 5.98. The number of halogens is 1. The Morgan fingerprint density at radius 2 is 2.18 bits per heavy atom. The van der Waals surface area contributed by atoms with Crippen LogP contribution >= 0.6 is 11.6 Å². The first-order valence-corrected chi connectivity index (χ1v) is 6.81. The molecule has 0 spiro atoms. The van der Waals surface area contributed by atoms with Crippen LogP contribution in [0.5, 0.6) is 0 Å². The van der Waals surface area contributed by atoms with E-state index in [-0.39, 0.29) is 0 Å². The van der Waals surface area contributed by atoms with Crippen LogP contribution in [0.1, 0.15) is 51.3 Å². The van der Waals surface area contributed by atoms with E-state index in [9.17, 15) is 0 Å². The molecule has 1 aliphatic carbocycles. The summed E-state index contributed by atoms with van der Waals surface area (Å²) in [6.45, 7) is 5.13. The molecule has 3 nitrogen and oxygen atoms in total. The van der Waals surface area contributed by atoms with Gasteiger partial charge in [-0.25, -0.2) is 9.97 Å². The van der Waals surface area contributed by atoms with Crippen LogP contribution in [-0.4, -0.2) is 16.5 Å². The molecule has 1 aromatic rings. The Balaban J connectivity index is 1.90. The van der Waals surface area contributed by atoms with Crippen LogP contribution < -0.4 is 5.32 Å². The minimum Gasteiger partial charge on any atom is -0.370 e. The lowest BCUT2D eigenvalue weighted by Gasteiger charge is -2.25. The lowest BCUT2D eigenvalue weighted by Crippen LogP contribution is -2.16. The minimum atomic E-state index is 0.306. The van der Waals surface area contributed by atoms with Crippen LogP contribution in [0.3, 0.4) is 0 Å². The number of hydrogen-bond donors (Lipinski definition) is 1. The van der Waals surface area contributed by atoms with Gasteiger partial charge in [-0.05, 0) is 12.3 Å². The van der Waals surface area contributed by atoms with Gasteiger partial charge in [-0.2, -0.15) is 0 Å². The van der Waals surface area contributed by atoms with Crippen molar-refractivity contribution in [2.45, 2.75) is 45.4 Å². The zero-order chi connectivity index (χ0) is 12.3. The van der Waals surface area contributed by atoms with Gasteiger partial charge in [0.25, 0.3) is 0 Å². The Morgan fingerprint density at radius 3 is 2.76 bits per heavy atom. The maximum absolute atomic E-state index is 5.98. The molecule has 1 fully saturated rings. The molecule has 0 unspecified atom stereocenters. The average Bonchev–Trinajstić information content (AvgIpc) is 2.21. The van der Waals surface area contributed by atoms with Crippen molar-refractivity contribution in [3.8, 4) is 0 Å². The lowest BCUT2D eigenvalue weighted by atomic mass is 9.83. The molecule has 1 heterocycles. The van der Waals surface area contributed by atoms with E-state index in [4.69, 9.17) is 11.6 Å². The second kappa shape index (κ2) is 5.67. The molecular weight excluding hydrogens is 234 g/mol. The molecule has 0 bridgehead atoms. The van der Waals surface area contributed by atoms with Gasteiger partial charge in [-0.15, -0.1) is 0 Å². The predicted octanol–water partition coefficient (Wildman–Crippen LogP) is 3.86. The normalized spacial score (nSPS) is 16.0. The average molecular weight is 254 g/mol. The van der Waals surface area contributed by atoms with Crippen LogP contribution in [0, 0.1) is 5.92 Å². The van der Waals surface area contributed by atoms with Gasteiger partial charge >= 0.3 is 0 Å². The van der Waals surface area contributed by atoms with Gasteiger partial charge in [-0.1, -0.05) is 44.7 Å². The molecule has 94 valence electrons. The summed E-state index contributed by atoms with van der Waals surface area (Å²) in [5, 5.41) is 3.87. The van der Waals surface area contributed by atoms with Gasteiger partial charge in [0.15, 0.2) is 0 Å². The summed E-state index contributed by atoms with van der Waals surface area (Å²) >= 11 is 5.98. The molecule has 0 aliphatic heterocycles. The first-order valence-electron chi connectivity index (χ1n) is 6.43. The first kappa shape index (κ1) is 12.6. The third kappa shape index (κ3) is 3.56. The van der Waals surface area contributed by atoms with Crippen molar-refractivity contribution in [2.24, 2.45) is 5.92 Å². The van der Waals surface area contributed by atoms with Crippen LogP contribution in [0.15, 0.2) is 6.07 Å². The zero-order valence-electron chi connectivity index (χ0n) is 10.5. The van der Waals surface area contributed by atoms with Crippen LogP contribution in [0.25, 0.3) is 0 Å². The van der Waals surface area contributed by atoms with Gasteiger partial charge in [0, 0.05) is 18.5 Å². The highest BCUT2D eigenvalue weighted by molar-refractivity contribution is 6.29. The van der Waals surface area contributed by atoms with E-state index in [0.29, 0.717) is 11.1 Å². The van der Waals surface area contributed by atoms with Gasteiger partial charge in [0.1, 0.15) is 16.8 Å². The van der Waals surface area contributed by atoms with E-state index in [0.717, 1.165) is 24.1 Å². The third-order valence-electron chi connectivity index (χ3n) is 3.31. The van der Waals surface area contributed by atoms with Crippen molar-refractivity contribution in [2.75, 3.05) is 11.9 Å². The molecule has 1 aliphatic rings. The molecule has 17 heavy (non-hydrogen) atoms. The van der Waals surface area contributed by atoms with E-state index < -0.39 is 0 Å². The highest BCUT2D eigenvalue weighted by atomic mass is 35.5. The molecule has 1 aromatic heterocycles. The van der Waals surface area contributed by atoms with Gasteiger partial charge in [-0.3, -0.25) is 0 Å². The van der Waals surface area contributed by atoms with Crippen molar-refractivity contribution in [3.63, 3.8) is 0 Å². The summed E-state index contributed by atoms with van der Waals surface area (Å²) in [5.41, 5.74) is 0. The first-order chi connectivity index (χ1) is 8.15. The summed E-state index contributed by atoms with van der Waals surface area (Å²) < 4.78 is 0. The summed E-state index contributed by atoms with van der Waals surface area (Å²) in [7, 11) is 0. The highest BCUT2D eigenvalue weighted by Crippen LogP contribution is 2.29. The number of hydrogen-bond acceptors (Lipinski definition) is 3. The van der Waals surface area contributed by atoms with Crippen molar-refractivity contribution >= 4 is 17.4 Å². The zero-order valence-corrected chi connectivity index (χ0v) is 11.3. The third-order valence-corrected chi connectivity index (χ3v) is 3.51. The van der Waals surface area contributed by atoms with Crippen LogP contribution in [0.2, 0.25) is 5.15 Å². The molecule has 0 radical (unpaired) electrons. The molecule has 1 N–H and O–H groups in total. The molecule has 4 heteroatoms. The Hall–Kier alpha value is -0.830. The monoisotopic (exact) mass is 253 g/mol. The summed E-state index contributed by atoms with van der Waals surface area (Å²) in [6, 6.07) is 1.80. The number of nitrogens with zero attached hydrogens (tertiary/aromatic N) is 2. The largest absolute Gasteiger partial charge is 0.370 e. The van der Waals surface area contributed by atoms with Crippen molar-refractivity contribution in [1.29, 1.82) is 0 Å².